The summed E-state index contributed by atoms with van der Waals surface area (Å²) in [5, 5.41) is 26.5. The number of aliphatic hydroxyl groups is 2. The number of nitrogens with zero attached hydrogens (tertiary/aromatic N) is 3. The third kappa shape index (κ3) is 2.98. The van der Waals surface area contributed by atoms with Crippen LogP contribution in [0.15, 0.2) is 48.5 Å². The van der Waals surface area contributed by atoms with E-state index in [-0.39, 0.29) is 19.1 Å². The third-order valence-corrected chi connectivity index (χ3v) is 9.35. The number of para-hydroxylation sites is 2. The second-order valence-electron chi connectivity index (χ2n) is 11.4. The SMILES string of the molecule is CO[C@@H]1[C@H](N(C)C(=O)OCCO)C[C@H]2O[C@]1(C)n1c3ccccc3c3c4c(c5c6ccccc6n2c5c31)C(=O)NC4O. The zero-order chi connectivity index (χ0) is 29.1. The van der Waals surface area contributed by atoms with Crippen LogP contribution >= 0.6 is 0 Å². The molecule has 11 heteroatoms. The number of hydrogen-bond acceptors (Lipinski definition) is 7. The van der Waals surface area contributed by atoms with Crippen LogP contribution in [0.3, 0.4) is 0 Å². The Balaban J connectivity index is 1.55. The molecule has 11 nitrogen and oxygen atoms in total. The van der Waals surface area contributed by atoms with Gasteiger partial charge in [0.15, 0.2) is 12.0 Å². The number of methoxy groups -OCH3 is 1. The van der Waals surface area contributed by atoms with Crippen LogP contribution in [0.4, 0.5) is 4.79 Å². The van der Waals surface area contributed by atoms with Crippen molar-refractivity contribution in [1.29, 1.82) is 0 Å². The Morgan fingerprint density at radius 3 is 2.52 bits per heavy atom. The molecule has 5 atom stereocenters. The molecule has 1 saturated heterocycles. The van der Waals surface area contributed by atoms with Crippen molar-refractivity contribution in [3.63, 3.8) is 0 Å². The summed E-state index contributed by atoms with van der Waals surface area (Å²) < 4.78 is 22.8. The maximum atomic E-state index is 13.5. The highest BCUT2D eigenvalue weighted by Gasteiger charge is 2.55. The number of likely N-dealkylation sites (N-methyl/N-ethyl adjacent to an activating group) is 1. The maximum Gasteiger partial charge on any atom is 0.409 e. The Hall–Kier alpha value is -4.16. The van der Waals surface area contributed by atoms with Gasteiger partial charge >= 0.3 is 6.09 Å². The number of hydrogen-bond donors (Lipinski definition) is 3. The second kappa shape index (κ2) is 8.68. The summed E-state index contributed by atoms with van der Waals surface area (Å²) in [6.07, 6.45) is -2.55. The zero-order valence-corrected chi connectivity index (χ0v) is 23.3. The van der Waals surface area contributed by atoms with Crippen LogP contribution in [0.5, 0.6) is 0 Å². The van der Waals surface area contributed by atoms with E-state index in [4.69, 9.17) is 14.2 Å². The van der Waals surface area contributed by atoms with Gasteiger partial charge in [0, 0.05) is 47.7 Å². The quantitative estimate of drug-likeness (QED) is 0.301. The highest BCUT2D eigenvalue weighted by atomic mass is 16.6. The van der Waals surface area contributed by atoms with Crippen molar-refractivity contribution in [2.45, 2.75) is 43.7 Å². The lowest BCUT2D eigenvalue weighted by Crippen LogP contribution is -2.61. The van der Waals surface area contributed by atoms with Gasteiger partial charge in [-0.05, 0) is 19.1 Å². The van der Waals surface area contributed by atoms with Crippen LogP contribution in [0.25, 0.3) is 43.6 Å². The molecule has 0 spiro atoms. The van der Waals surface area contributed by atoms with Crippen molar-refractivity contribution in [2.75, 3.05) is 27.4 Å². The molecule has 0 aliphatic carbocycles. The number of aliphatic hydroxyl groups excluding tert-OH is 2. The molecule has 0 saturated carbocycles. The van der Waals surface area contributed by atoms with Crippen LogP contribution in [-0.2, 0) is 19.9 Å². The van der Waals surface area contributed by atoms with Gasteiger partial charge in [0.2, 0.25) is 0 Å². The lowest BCUT2D eigenvalue weighted by atomic mass is 9.92. The van der Waals surface area contributed by atoms with E-state index in [1.165, 1.54) is 4.90 Å². The molecule has 42 heavy (non-hydrogen) atoms. The minimum Gasteiger partial charge on any atom is -0.447 e. The van der Waals surface area contributed by atoms with Crippen molar-refractivity contribution in [3.05, 3.63) is 59.7 Å². The molecule has 3 aliphatic heterocycles. The topological polar surface area (TPSA) is 127 Å². The largest absolute Gasteiger partial charge is 0.447 e. The van der Waals surface area contributed by atoms with E-state index in [1.807, 2.05) is 55.5 Å². The summed E-state index contributed by atoms with van der Waals surface area (Å²) in [4.78, 5) is 28.2. The van der Waals surface area contributed by atoms with Crippen LogP contribution < -0.4 is 5.32 Å². The molecule has 8 rings (SSSR count). The van der Waals surface area contributed by atoms with E-state index < -0.39 is 36.4 Å². The van der Waals surface area contributed by atoms with Crippen molar-refractivity contribution in [2.24, 2.45) is 0 Å². The number of carbonyl (C=O) groups excluding carboxylic acids is 2. The van der Waals surface area contributed by atoms with E-state index in [2.05, 4.69) is 14.5 Å². The molecule has 1 fully saturated rings. The summed E-state index contributed by atoms with van der Waals surface area (Å²) in [7, 11) is 3.28. The molecule has 0 radical (unpaired) electrons. The van der Waals surface area contributed by atoms with Gasteiger partial charge in [-0.1, -0.05) is 36.4 Å². The predicted octanol–water partition coefficient (Wildman–Crippen LogP) is 3.69. The number of rotatable bonds is 4. The van der Waals surface area contributed by atoms with Crippen LogP contribution in [0.1, 0.15) is 41.7 Å². The van der Waals surface area contributed by atoms with E-state index in [0.717, 1.165) is 43.6 Å². The molecule has 3 aromatic carbocycles. The van der Waals surface area contributed by atoms with Gasteiger partial charge in [0.25, 0.3) is 5.91 Å². The molecule has 3 N–H and O–H groups in total. The van der Waals surface area contributed by atoms with Crippen molar-refractivity contribution >= 4 is 55.6 Å². The van der Waals surface area contributed by atoms with Crippen molar-refractivity contribution in [3.8, 4) is 0 Å². The number of ether oxygens (including phenoxy) is 3. The first-order chi connectivity index (χ1) is 20.3. The normalized spacial score (nSPS) is 26.3. The van der Waals surface area contributed by atoms with Gasteiger partial charge in [-0.25, -0.2) is 4.79 Å². The minimum atomic E-state index is -1.17. The molecule has 3 aliphatic rings. The van der Waals surface area contributed by atoms with Crippen LogP contribution in [-0.4, -0.2) is 75.8 Å². The first-order valence-corrected chi connectivity index (χ1v) is 14.0. The van der Waals surface area contributed by atoms with Gasteiger partial charge < -0.3 is 43.8 Å². The summed E-state index contributed by atoms with van der Waals surface area (Å²) >= 11 is 0. The minimum absolute atomic E-state index is 0.113. The zero-order valence-electron chi connectivity index (χ0n) is 23.3. The highest BCUT2D eigenvalue weighted by molar-refractivity contribution is 6.31. The van der Waals surface area contributed by atoms with Crippen LogP contribution in [0.2, 0.25) is 0 Å². The summed E-state index contributed by atoms with van der Waals surface area (Å²) in [5.74, 6) is -0.322. The van der Waals surface area contributed by atoms with Gasteiger partial charge in [-0.2, -0.15) is 0 Å². The van der Waals surface area contributed by atoms with Gasteiger partial charge in [-0.15, -0.1) is 0 Å². The lowest BCUT2D eigenvalue weighted by molar-refractivity contribution is -0.265. The number of nitrogens with one attached hydrogen (secondary N) is 1. The third-order valence-electron chi connectivity index (χ3n) is 9.35. The summed E-state index contributed by atoms with van der Waals surface area (Å²) in [6.45, 7) is 1.58. The fourth-order valence-corrected chi connectivity index (χ4v) is 7.81. The molecule has 2 amide bonds. The van der Waals surface area contributed by atoms with E-state index in [1.54, 1.807) is 14.2 Å². The number of carbonyl (C=O) groups is 2. The average Bonchev–Trinajstić information content (AvgIpc) is 3.59. The Bertz CT molecular complexity index is 1980. The molecular formula is C31H30N4O7. The van der Waals surface area contributed by atoms with E-state index >= 15 is 0 Å². The molecule has 2 bridgehead atoms. The van der Waals surface area contributed by atoms with Crippen molar-refractivity contribution < 1.29 is 34.0 Å². The summed E-state index contributed by atoms with van der Waals surface area (Å²) in [5.41, 5.74) is 3.28. The molecule has 5 aromatic rings. The number of amides is 2. The van der Waals surface area contributed by atoms with Gasteiger partial charge in [0.1, 0.15) is 18.9 Å². The lowest BCUT2D eigenvalue weighted by Gasteiger charge is -2.50. The summed E-state index contributed by atoms with van der Waals surface area (Å²) in [6, 6.07) is 15.3. The molecule has 216 valence electrons. The van der Waals surface area contributed by atoms with Gasteiger partial charge in [-0.3, -0.25) is 4.79 Å². The Kier molecular flexibility index (Phi) is 5.28. The average molecular weight is 571 g/mol. The van der Waals surface area contributed by atoms with Gasteiger partial charge in [0.05, 0.1) is 40.3 Å². The van der Waals surface area contributed by atoms with E-state index in [9.17, 15) is 19.8 Å². The first kappa shape index (κ1) is 25.5. The fourth-order valence-electron chi connectivity index (χ4n) is 7.81. The molecule has 5 heterocycles. The maximum absolute atomic E-state index is 13.5. The Morgan fingerprint density at radius 2 is 1.81 bits per heavy atom. The number of benzene rings is 3. The molecular weight excluding hydrogens is 540 g/mol. The highest BCUT2D eigenvalue weighted by Crippen LogP contribution is 2.54. The Labute approximate surface area is 239 Å². The standard InChI is InChI=1S/C31H30N4O7/c1-31-27(40-3)19(33(2)30(39)41-13-12-36)14-20(42-31)34-17-10-6-4-8-15(17)21-23-24(29(38)32-28(23)37)22-16-9-5-7-11-18(16)35(31)26(22)25(21)34/h4-11,19-20,27,29,36,38H,12-14H2,1-3H3,(H,32,37)/t19-,20-,27-,29?,31+/m1/s1. The first-order valence-electron chi connectivity index (χ1n) is 14.0. The smallest absolute Gasteiger partial charge is 0.409 e. The second-order valence-corrected chi connectivity index (χ2v) is 11.4. The molecule has 1 unspecified atom stereocenters. The van der Waals surface area contributed by atoms with Crippen LogP contribution in [0, 0.1) is 0 Å². The van der Waals surface area contributed by atoms with E-state index in [0.29, 0.717) is 17.5 Å². The monoisotopic (exact) mass is 570 g/mol. The number of aromatic nitrogens is 2. The molecule has 2 aromatic heterocycles. The van der Waals surface area contributed by atoms with Crippen molar-refractivity contribution in [1.82, 2.24) is 19.4 Å². The Morgan fingerprint density at radius 1 is 1.12 bits per heavy atom. The predicted molar refractivity (Wildman–Crippen MR) is 154 cm³/mol. The number of fused-ring (bicyclic) bond motifs is 13. The fraction of sp³-hybridized carbons (Fsp3) is 0.355.